The van der Waals surface area contributed by atoms with Crippen molar-refractivity contribution in [1.29, 1.82) is 0 Å². The second-order valence-electron chi connectivity index (χ2n) is 6.34. The third kappa shape index (κ3) is 3.93. The number of carbonyl (C=O) groups is 1. The molecule has 2 aliphatic rings. The van der Waals surface area contributed by atoms with E-state index in [9.17, 15) is 9.90 Å². The molecule has 0 aromatic carbocycles. The third-order valence-electron chi connectivity index (χ3n) is 4.87. The van der Waals surface area contributed by atoms with Crippen LogP contribution in [0.15, 0.2) is 0 Å². The molecule has 110 valence electrons. The molecule has 0 radical (unpaired) electrons. The minimum absolute atomic E-state index is 0.164. The van der Waals surface area contributed by atoms with E-state index in [-0.39, 0.29) is 12.0 Å². The third-order valence-corrected chi connectivity index (χ3v) is 4.87. The van der Waals surface area contributed by atoms with Crippen LogP contribution in [0.5, 0.6) is 0 Å². The van der Waals surface area contributed by atoms with E-state index in [1.54, 1.807) is 0 Å². The van der Waals surface area contributed by atoms with Gasteiger partial charge in [-0.1, -0.05) is 19.8 Å². The molecule has 1 N–H and O–H groups in total. The van der Waals surface area contributed by atoms with E-state index >= 15 is 0 Å². The number of likely N-dealkylation sites (tertiary alicyclic amines) is 1. The van der Waals surface area contributed by atoms with E-state index < -0.39 is 0 Å². The molecule has 1 saturated heterocycles. The predicted octanol–water partition coefficient (Wildman–Crippen LogP) is 1.48. The maximum Gasteiger partial charge on any atom is 0.236 e. The molecule has 1 aliphatic carbocycles. The molecule has 0 aromatic rings. The van der Waals surface area contributed by atoms with Gasteiger partial charge in [-0.15, -0.1) is 0 Å². The molecule has 1 amide bonds. The highest BCUT2D eigenvalue weighted by atomic mass is 16.3. The zero-order valence-electron chi connectivity index (χ0n) is 12.3. The van der Waals surface area contributed by atoms with Crippen LogP contribution in [0, 0.1) is 5.92 Å². The Hall–Kier alpha value is -0.610. The first-order valence-electron chi connectivity index (χ1n) is 7.74. The van der Waals surface area contributed by atoms with Crippen molar-refractivity contribution in [3.8, 4) is 0 Å². The normalized spacial score (nSPS) is 30.3. The van der Waals surface area contributed by atoms with Gasteiger partial charge in [-0.2, -0.15) is 0 Å². The number of rotatable bonds is 3. The summed E-state index contributed by atoms with van der Waals surface area (Å²) in [7, 11) is 1.97. The molecule has 1 aliphatic heterocycles. The summed E-state index contributed by atoms with van der Waals surface area (Å²) in [6.45, 7) is 4.49. The topological polar surface area (TPSA) is 43.8 Å². The Morgan fingerprint density at radius 1 is 1.21 bits per heavy atom. The fraction of sp³-hybridized carbons (Fsp3) is 0.933. The quantitative estimate of drug-likeness (QED) is 0.843. The lowest BCUT2D eigenvalue weighted by Gasteiger charge is -2.38. The Balaban J connectivity index is 1.81. The van der Waals surface area contributed by atoms with Crippen LogP contribution in [0.25, 0.3) is 0 Å². The second kappa shape index (κ2) is 6.71. The highest BCUT2D eigenvalue weighted by molar-refractivity contribution is 5.78. The van der Waals surface area contributed by atoms with Gasteiger partial charge in [-0.3, -0.25) is 9.69 Å². The van der Waals surface area contributed by atoms with Gasteiger partial charge in [0, 0.05) is 26.2 Å². The number of hydrogen-bond donors (Lipinski definition) is 1. The van der Waals surface area contributed by atoms with Crippen molar-refractivity contribution in [2.24, 2.45) is 5.92 Å². The van der Waals surface area contributed by atoms with Crippen LogP contribution in [-0.4, -0.2) is 59.6 Å². The molecule has 2 unspecified atom stereocenters. The number of hydrogen-bond acceptors (Lipinski definition) is 3. The molecular weight excluding hydrogens is 240 g/mol. The summed E-state index contributed by atoms with van der Waals surface area (Å²) in [5.74, 6) is 0.876. The Morgan fingerprint density at radius 2 is 1.84 bits per heavy atom. The molecule has 1 saturated carbocycles. The van der Waals surface area contributed by atoms with E-state index in [2.05, 4.69) is 11.8 Å². The van der Waals surface area contributed by atoms with Crippen molar-refractivity contribution < 1.29 is 9.90 Å². The van der Waals surface area contributed by atoms with Crippen LogP contribution < -0.4 is 0 Å². The summed E-state index contributed by atoms with van der Waals surface area (Å²) in [6, 6.07) is 0.427. The zero-order valence-corrected chi connectivity index (χ0v) is 12.3. The maximum absolute atomic E-state index is 12.4. The van der Waals surface area contributed by atoms with E-state index in [1.807, 2.05) is 11.9 Å². The van der Waals surface area contributed by atoms with Crippen LogP contribution >= 0.6 is 0 Å². The molecular formula is C15H28N2O2. The molecule has 4 heteroatoms. The smallest absolute Gasteiger partial charge is 0.236 e. The van der Waals surface area contributed by atoms with Gasteiger partial charge >= 0.3 is 0 Å². The number of aliphatic hydroxyl groups is 1. The lowest BCUT2D eigenvalue weighted by Crippen LogP contribution is -2.48. The van der Waals surface area contributed by atoms with Crippen LogP contribution in [0.4, 0.5) is 0 Å². The van der Waals surface area contributed by atoms with Crippen molar-refractivity contribution in [1.82, 2.24) is 9.80 Å². The minimum Gasteiger partial charge on any atom is -0.393 e. The Labute approximate surface area is 116 Å². The average molecular weight is 268 g/mol. The molecule has 0 aromatic heterocycles. The van der Waals surface area contributed by atoms with Crippen LogP contribution in [0.3, 0.4) is 0 Å². The molecule has 1 heterocycles. The summed E-state index contributed by atoms with van der Waals surface area (Å²) in [5, 5.41) is 9.49. The zero-order chi connectivity index (χ0) is 13.8. The summed E-state index contributed by atoms with van der Waals surface area (Å²) in [6.07, 6.45) is 6.41. The fourth-order valence-electron chi connectivity index (χ4n) is 3.44. The second-order valence-corrected chi connectivity index (χ2v) is 6.34. The van der Waals surface area contributed by atoms with Crippen molar-refractivity contribution in [2.45, 2.75) is 57.6 Å². The Kier molecular flexibility index (Phi) is 5.22. The van der Waals surface area contributed by atoms with Gasteiger partial charge in [0.25, 0.3) is 0 Å². The number of nitrogens with zero attached hydrogens (tertiary/aromatic N) is 2. The Morgan fingerprint density at radius 3 is 2.47 bits per heavy atom. The summed E-state index contributed by atoms with van der Waals surface area (Å²) >= 11 is 0. The monoisotopic (exact) mass is 268 g/mol. The molecule has 4 nitrogen and oxygen atoms in total. The predicted molar refractivity (Wildman–Crippen MR) is 75.9 cm³/mol. The van der Waals surface area contributed by atoms with E-state index in [0.29, 0.717) is 18.5 Å². The number of carbonyl (C=O) groups excluding carboxylic acids is 1. The van der Waals surface area contributed by atoms with Gasteiger partial charge in [-0.25, -0.2) is 0 Å². The largest absolute Gasteiger partial charge is 0.393 e. The van der Waals surface area contributed by atoms with Gasteiger partial charge in [0.1, 0.15) is 0 Å². The van der Waals surface area contributed by atoms with Crippen LogP contribution in [-0.2, 0) is 4.79 Å². The number of aliphatic hydroxyl groups excluding tert-OH is 1. The number of amides is 1. The minimum atomic E-state index is -0.164. The number of piperidine rings is 1. The SMILES string of the molecule is CC1CCCCC1N(C)C(=O)CN1CCC(O)CC1. The Bertz CT molecular complexity index is 301. The van der Waals surface area contributed by atoms with Gasteiger partial charge in [0.15, 0.2) is 0 Å². The summed E-state index contributed by atoms with van der Waals surface area (Å²) in [5.41, 5.74) is 0. The molecule has 2 fully saturated rings. The van der Waals surface area contributed by atoms with Gasteiger partial charge in [0.2, 0.25) is 5.91 Å². The van der Waals surface area contributed by atoms with Crippen LogP contribution in [0.2, 0.25) is 0 Å². The van der Waals surface area contributed by atoms with Crippen molar-refractivity contribution in [3.05, 3.63) is 0 Å². The summed E-state index contributed by atoms with van der Waals surface area (Å²) < 4.78 is 0. The van der Waals surface area contributed by atoms with Crippen molar-refractivity contribution >= 4 is 5.91 Å². The first kappa shape index (κ1) is 14.8. The van der Waals surface area contributed by atoms with E-state index in [4.69, 9.17) is 0 Å². The lowest BCUT2D eigenvalue weighted by atomic mass is 9.85. The number of likely N-dealkylation sites (N-methyl/N-ethyl adjacent to an activating group) is 1. The molecule has 19 heavy (non-hydrogen) atoms. The fourth-order valence-corrected chi connectivity index (χ4v) is 3.44. The lowest BCUT2D eigenvalue weighted by molar-refractivity contribution is -0.135. The molecule has 0 spiro atoms. The van der Waals surface area contributed by atoms with Gasteiger partial charge < -0.3 is 10.0 Å². The highest BCUT2D eigenvalue weighted by Gasteiger charge is 2.29. The molecule has 0 bridgehead atoms. The highest BCUT2D eigenvalue weighted by Crippen LogP contribution is 2.27. The average Bonchev–Trinajstić information content (AvgIpc) is 2.41. The molecule has 2 rings (SSSR count). The van der Waals surface area contributed by atoms with Crippen molar-refractivity contribution in [2.75, 3.05) is 26.7 Å². The van der Waals surface area contributed by atoms with Crippen LogP contribution in [0.1, 0.15) is 45.4 Å². The first-order valence-corrected chi connectivity index (χ1v) is 7.74. The van der Waals surface area contributed by atoms with E-state index in [1.165, 1.54) is 19.3 Å². The standard InChI is InChI=1S/C15H28N2O2/c1-12-5-3-4-6-14(12)16(2)15(19)11-17-9-7-13(18)8-10-17/h12-14,18H,3-11H2,1-2H3. The summed E-state index contributed by atoms with van der Waals surface area (Å²) in [4.78, 5) is 16.5. The maximum atomic E-state index is 12.4. The van der Waals surface area contributed by atoms with Gasteiger partial charge in [-0.05, 0) is 31.6 Å². The first-order chi connectivity index (χ1) is 9.08. The van der Waals surface area contributed by atoms with Crippen molar-refractivity contribution in [3.63, 3.8) is 0 Å². The van der Waals surface area contributed by atoms with E-state index in [0.717, 1.165) is 32.4 Å². The van der Waals surface area contributed by atoms with Gasteiger partial charge in [0.05, 0.1) is 12.6 Å². The molecule has 2 atom stereocenters.